The van der Waals surface area contributed by atoms with Crippen LogP contribution in [0.15, 0.2) is 0 Å². The summed E-state index contributed by atoms with van der Waals surface area (Å²) in [6.45, 7) is 11.3. The van der Waals surface area contributed by atoms with E-state index in [1.54, 1.807) is 0 Å². The zero-order valence-electron chi connectivity index (χ0n) is 41.1. The Morgan fingerprint density at radius 1 is 0.350 bits per heavy atom. The van der Waals surface area contributed by atoms with Crippen LogP contribution in [0.2, 0.25) is 0 Å². The number of hydrogen-bond acceptors (Lipinski definition) is 6. The Labute approximate surface area is 374 Å². The maximum atomic E-state index is 12.7. The monoisotopic (exact) mass is 849 g/mol. The van der Waals surface area contributed by atoms with Crippen LogP contribution in [-0.2, 0) is 28.6 Å². The minimum atomic E-state index is -0.762. The van der Waals surface area contributed by atoms with Gasteiger partial charge in [-0.1, -0.05) is 259 Å². The van der Waals surface area contributed by atoms with E-state index in [0.29, 0.717) is 19.3 Å². The van der Waals surface area contributed by atoms with Gasteiger partial charge in [-0.15, -0.1) is 0 Å². The molecule has 0 rings (SSSR count). The van der Waals surface area contributed by atoms with Crippen LogP contribution in [0.4, 0.5) is 0 Å². The number of hydrogen-bond donors (Lipinski definition) is 0. The second kappa shape index (κ2) is 46.9. The molecule has 1 unspecified atom stereocenters. The number of rotatable bonds is 48. The van der Waals surface area contributed by atoms with Gasteiger partial charge in [0, 0.05) is 19.3 Å². The zero-order valence-corrected chi connectivity index (χ0v) is 41.1. The fourth-order valence-corrected chi connectivity index (χ4v) is 8.13. The van der Waals surface area contributed by atoms with Crippen LogP contribution < -0.4 is 0 Å². The quantitative estimate of drug-likeness (QED) is 0.0345. The lowest BCUT2D eigenvalue weighted by atomic mass is 9.99. The molecule has 0 aliphatic carbocycles. The molecule has 0 saturated carbocycles. The Kier molecular flexibility index (Phi) is 45.7. The average Bonchev–Trinajstić information content (AvgIpc) is 3.23. The van der Waals surface area contributed by atoms with Crippen LogP contribution in [0.3, 0.4) is 0 Å². The molecular formula is C54H104O6. The van der Waals surface area contributed by atoms with Crippen LogP contribution in [0.25, 0.3) is 0 Å². The van der Waals surface area contributed by atoms with Gasteiger partial charge < -0.3 is 14.2 Å². The zero-order chi connectivity index (χ0) is 44.0. The molecule has 0 amide bonds. The van der Waals surface area contributed by atoms with E-state index in [1.807, 2.05) is 0 Å². The molecule has 0 spiro atoms. The first kappa shape index (κ1) is 58.4. The normalized spacial score (nSPS) is 12.5. The Morgan fingerprint density at radius 2 is 0.633 bits per heavy atom. The molecule has 0 bridgehead atoms. The van der Waals surface area contributed by atoms with E-state index in [-0.39, 0.29) is 31.1 Å². The minimum Gasteiger partial charge on any atom is -0.462 e. The Hall–Kier alpha value is -1.59. The smallest absolute Gasteiger partial charge is 0.306 e. The van der Waals surface area contributed by atoms with Gasteiger partial charge in [-0.05, 0) is 31.1 Å². The van der Waals surface area contributed by atoms with Crippen molar-refractivity contribution in [1.82, 2.24) is 0 Å². The Morgan fingerprint density at radius 3 is 0.950 bits per heavy atom. The van der Waals surface area contributed by atoms with Crippen molar-refractivity contribution in [3.8, 4) is 0 Å². The van der Waals surface area contributed by atoms with Crippen molar-refractivity contribution in [3.05, 3.63) is 0 Å². The first-order valence-electron chi connectivity index (χ1n) is 26.8. The molecule has 356 valence electrons. The predicted molar refractivity (Wildman–Crippen MR) is 256 cm³/mol. The van der Waals surface area contributed by atoms with Gasteiger partial charge in [0.1, 0.15) is 13.2 Å². The maximum Gasteiger partial charge on any atom is 0.306 e. The minimum absolute atomic E-state index is 0.0648. The van der Waals surface area contributed by atoms with Crippen LogP contribution in [0, 0.1) is 11.8 Å². The summed E-state index contributed by atoms with van der Waals surface area (Å²) in [4.78, 5) is 37.9. The van der Waals surface area contributed by atoms with E-state index < -0.39 is 6.10 Å². The molecule has 0 saturated heterocycles. The summed E-state index contributed by atoms with van der Waals surface area (Å²) in [6, 6.07) is 0. The highest BCUT2D eigenvalue weighted by molar-refractivity contribution is 5.71. The topological polar surface area (TPSA) is 78.9 Å². The van der Waals surface area contributed by atoms with E-state index >= 15 is 0 Å². The summed E-state index contributed by atoms with van der Waals surface area (Å²) in [5.41, 5.74) is 0. The summed E-state index contributed by atoms with van der Waals surface area (Å²) in [5, 5.41) is 0. The summed E-state index contributed by atoms with van der Waals surface area (Å²) in [5.74, 6) is 0.775. The van der Waals surface area contributed by atoms with Gasteiger partial charge in [-0.25, -0.2) is 0 Å². The Bertz CT molecular complexity index is 918. The molecule has 0 radical (unpaired) electrons. The van der Waals surface area contributed by atoms with E-state index in [4.69, 9.17) is 14.2 Å². The van der Waals surface area contributed by atoms with Gasteiger partial charge in [-0.2, -0.15) is 0 Å². The van der Waals surface area contributed by atoms with E-state index in [9.17, 15) is 14.4 Å². The van der Waals surface area contributed by atoms with Crippen molar-refractivity contribution in [3.63, 3.8) is 0 Å². The van der Waals surface area contributed by atoms with E-state index in [2.05, 4.69) is 34.6 Å². The summed E-state index contributed by atoms with van der Waals surface area (Å²) in [7, 11) is 0. The number of ether oxygens (including phenoxy) is 3. The van der Waals surface area contributed by atoms with Gasteiger partial charge in [0.25, 0.3) is 0 Å². The molecule has 0 aromatic rings. The van der Waals surface area contributed by atoms with Crippen LogP contribution in [-0.4, -0.2) is 37.2 Å². The van der Waals surface area contributed by atoms with Crippen molar-refractivity contribution >= 4 is 17.9 Å². The molecule has 0 fully saturated rings. The fourth-order valence-electron chi connectivity index (χ4n) is 8.13. The third-order valence-electron chi connectivity index (χ3n) is 12.6. The molecular weight excluding hydrogens is 745 g/mol. The highest BCUT2D eigenvalue weighted by atomic mass is 16.6. The van der Waals surface area contributed by atoms with Crippen molar-refractivity contribution in [2.45, 2.75) is 304 Å². The summed E-state index contributed by atoms with van der Waals surface area (Å²) < 4.78 is 16.8. The van der Waals surface area contributed by atoms with Crippen LogP contribution in [0.1, 0.15) is 298 Å². The van der Waals surface area contributed by atoms with Crippen molar-refractivity contribution in [2.24, 2.45) is 11.8 Å². The largest absolute Gasteiger partial charge is 0.462 e. The summed E-state index contributed by atoms with van der Waals surface area (Å²) >= 11 is 0. The van der Waals surface area contributed by atoms with Gasteiger partial charge >= 0.3 is 17.9 Å². The standard InChI is InChI=1S/C54H104O6/c1-6-8-9-10-11-12-13-14-15-16-17-18-19-20-21-25-28-34-39-44-52(55)58-47-51(60-54(57)46-41-36-31-30-32-37-42-49(3)4)48-59-53(56)45-40-35-29-26-23-22-24-27-33-38-43-50(5)7-2/h49-51H,6-48H2,1-5H3/t50?,51-/m0/s1. The van der Waals surface area contributed by atoms with Crippen molar-refractivity contribution in [1.29, 1.82) is 0 Å². The number of unbranched alkanes of at least 4 members (excludes halogenated alkanes) is 32. The Balaban J connectivity index is 4.21. The molecule has 2 atom stereocenters. The highest BCUT2D eigenvalue weighted by Gasteiger charge is 2.19. The number of carbonyl (C=O) groups excluding carboxylic acids is 3. The molecule has 6 nitrogen and oxygen atoms in total. The lowest BCUT2D eigenvalue weighted by Crippen LogP contribution is -2.30. The van der Waals surface area contributed by atoms with E-state index in [1.165, 1.54) is 186 Å². The fraction of sp³-hybridized carbons (Fsp3) is 0.944. The van der Waals surface area contributed by atoms with Crippen molar-refractivity contribution < 1.29 is 28.6 Å². The molecule has 60 heavy (non-hydrogen) atoms. The summed E-state index contributed by atoms with van der Waals surface area (Å²) in [6.07, 6.45) is 48.2. The van der Waals surface area contributed by atoms with Gasteiger partial charge in [0.2, 0.25) is 0 Å². The second-order valence-electron chi connectivity index (χ2n) is 19.2. The lowest BCUT2D eigenvalue weighted by molar-refractivity contribution is -0.167. The molecule has 0 heterocycles. The number of esters is 3. The van der Waals surface area contributed by atoms with Gasteiger partial charge in [0.15, 0.2) is 6.10 Å². The van der Waals surface area contributed by atoms with Crippen LogP contribution in [0.5, 0.6) is 0 Å². The SMILES string of the molecule is CCCCCCCCCCCCCCCCCCCCCC(=O)OC[C@@H](COC(=O)CCCCCCCCCCCCC(C)CC)OC(=O)CCCCCCCCC(C)C. The molecule has 6 heteroatoms. The van der Waals surface area contributed by atoms with Crippen molar-refractivity contribution in [2.75, 3.05) is 13.2 Å². The van der Waals surface area contributed by atoms with Crippen LogP contribution >= 0.6 is 0 Å². The molecule has 0 N–H and O–H groups in total. The molecule has 0 aromatic heterocycles. The predicted octanol–water partition coefficient (Wildman–Crippen LogP) is 17.3. The second-order valence-corrected chi connectivity index (χ2v) is 19.2. The number of carbonyl (C=O) groups is 3. The first-order valence-corrected chi connectivity index (χ1v) is 26.8. The third-order valence-corrected chi connectivity index (χ3v) is 12.6. The first-order chi connectivity index (χ1) is 29.3. The molecule has 0 aliphatic rings. The van der Waals surface area contributed by atoms with Gasteiger partial charge in [-0.3, -0.25) is 14.4 Å². The van der Waals surface area contributed by atoms with E-state index in [0.717, 1.165) is 69.6 Å². The molecule has 0 aromatic carbocycles. The lowest BCUT2D eigenvalue weighted by Gasteiger charge is -2.18. The maximum absolute atomic E-state index is 12.7. The van der Waals surface area contributed by atoms with Gasteiger partial charge in [0.05, 0.1) is 0 Å². The third kappa shape index (κ3) is 45.9. The highest BCUT2D eigenvalue weighted by Crippen LogP contribution is 2.18. The average molecular weight is 849 g/mol. The molecule has 0 aliphatic heterocycles.